The largest absolute Gasteiger partial charge is 0.490 e. The third kappa shape index (κ3) is 5.16. The molecule has 36 heavy (non-hydrogen) atoms. The molecule has 9 nitrogen and oxygen atoms in total. The molecule has 0 radical (unpaired) electrons. The molecule has 2 N–H and O–H groups in total. The monoisotopic (exact) mass is 490 g/mol. The Balaban J connectivity index is 1.67. The summed E-state index contributed by atoms with van der Waals surface area (Å²) in [5.41, 5.74) is 3.89. The molecule has 4 rings (SSSR count). The SMILES string of the molecule is CC(C)Oc1ccc(-c2nc(-c3cccc4c3CC(CC=O)C4N(C)CC(O)CO)no2)cc1C#N. The standard InChI is InChI=1S/C27H30N4O5/c1-16(2)35-24-8-7-18(11-19(24)13-28)27-29-26(30-36-27)22-6-4-5-21-23(22)12-17(9-10-32)25(21)31(3)14-20(34)15-33/h4-8,10-11,16-17,20,25,33-34H,9,12,14-15H2,1-3H3. The van der Waals surface area contributed by atoms with Crippen molar-refractivity contribution in [2.75, 3.05) is 20.2 Å². The third-order valence-electron chi connectivity index (χ3n) is 6.40. The molecule has 1 aliphatic carbocycles. The lowest BCUT2D eigenvalue weighted by molar-refractivity contribution is -0.109. The van der Waals surface area contributed by atoms with Crippen molar-refractivity contribution in [3.8, 4) is 34.7 Å². The van der Waals surface area contributed by atoms with Crippen molar-refractivity contribution < 1.29 is 24.3 Å². The Labute approximate surface area is 209 Å². The van der Waals surface area contributed by atoms with Crippen LogP contribution in [0.15, 0.2) is 40.9 Å². The number of fused-ring (bicyclic) bond motifs is 1. The summed E-state index contributed by atoms with van der Waals surface area (Å²) >= 11 is 0. The first-order valence-corrected chi connectivity index (χ1v) is 12.0. The number of nitriles is 1. The van der Waals surface area contributed by atoms with Gasteiger partial charge in [-0.2, -0.15) is 10.2 Å². The number of carbonyl (C=O) groups excluding carboxylic acids is 1. The van der Waals surface area contributed by atoms with Crippen molar-refractivity contribution in [2.24, 2.45) is 5.92 Å². The van der Waals surface area contributed by atoms with Gasteiger partial charge in [0, 0.05) is 30.1 Å². The van der Waals surface area contributed by atoms with Crippen LogP contribution >= 0.6 is 0 Å². The molecule has 0 spiro atoms. The van der Waals surface area contributed by atoms with Crippen LogP contribution in [0.3, 0.4) is 0 Å². The zero-order valence-electron chi connectivity index (χ0n) is 20.6. The van der Waals surface area contributed by atoms with Crippen molar-refractivity contribution in [1.29, 1.82) is 5.26 Å². The Morgan fingerprint density at radius 3 is 2.83 bits per heavy atom. The number of aliphatic hydroxyl groups is 2. The highest BCUT2D eigenvalue weighted by atomic mass is 16.5. The summed E-state index contributed by atoms with van der Waals surface area (Å²) in [6, 6.07) is 13.1. The summed E-state index contributed by atoms with van der Waals surface area (Å²) in [5, 5.41) is 33.0. The summed E-state index contributed by atoms with van der Waals surface area (Å²) in [6.07, 6.45) is 1.02. The Morgan fingerprint density at radius 1 is 1.33 bits per heavy atom. The molecule has 3 atom stereocenters. The average molecular weight is 491 g/mol. The zero-order chi connectivity index (χ0) is 25.8. The van der Waals surface area contributed by atoms with Crippen LogP contribution in [0.5, 0.6) is 5.75 Å². The number of nitrogens with zero attached hydrogens (tertiary/aromatic N) is 4. The van der Waals surface area contributed by atoms with E-state index in [4.69, 9.17) is 9.26 Å². The minimum Gasteiger partial charge on any atom is -0.490 e. The number of hydrogen-bond acceptors (Lipinski definition) is 9. The molecule has 188 valence electrons. The number of ether oxygens (including phenoxy) is 1. The van der Waals surface area contributed by atoms with Crippen molar-refractivity contribution in [1.82, 2.24) is 15.0 Å². The van der Waals surface area contributed by atoms with E-state index in [2.05, 4.69) is 16.2 Å². The molecule has 0 fully saturated rings. The fourth-order valence-corrected chi connectivity index (χ4v) is 4.94. The van der Waals surface area contributed by atoms with Crippen LogP contribution in [0.2, 0.25) is 0 Å². The normalized spacial score (nSPS) is 17.7. The molecule has 0 amide bonds. The predicted octanol–water partition coefficient (Wildman–Crippen LogP) is 3.15. The first-order chi connectivity index (χ1) is 17.4. The Hall–Kier alpha value is -3.58. The third-order valence-corrected chi connectivity index (χ3v) is 6.40. The van der Waals surface area contributed by atoms with Crippen molar-refractivity contribution in [3.63, 3.8) is 0 Å². The summed E-state index contributed by atoms with van der Waals surface area (Å²) in [6.45, 7) is 3.75. The van der Waals surface area contributed by atoms with Gasteiger partial charge in [-0.25, -0.2) is 0 Å². The van der Waals surface area contributed by atoms with Crippen LogP contribution in [-0.2, 0) is 11.2 Å². The Kier molecular flexibility index (Phi) is 7.79. The highest BCUT2D eigenvalue weighted by Gasteiger charge is 2.37. The molecule has 0 saturated heterocycles. The second-order valence-corrected chi connectivity index (χ2v) is 9.37. The molecular formula is C27H30N4O5. The second-order valence-electron chi connectivity index (χ2n) is 9.37. The van der Waals surface area contributed by atoms with Crippen molar-refractivity contribution in [2.45, 2.75) is 44.9 Å². The fraction of sp³-hybridized carbons (Fsp3) is 0.407. The van der Waals surface area contributed by atoms with Gasteiger partial charge in [0.1, 0.15) is 18.1 Å². The molecule has 9 heteroatoms. The van der Waals surface area contributed by atoms with Crippen LogP contribution in [-0.4, -0.2) is 63.9 Å². The summed E-state index contributed by atoms with van der Waals surface area (Å²) < 4.78 is 11.3. The predicted molar refractivity (Wildman–Crippen MR) is 132 cm³/mol. The molecule has 3 aromatic rings. The number of likely N-dealkylation sites (N-methyl/N-ethyl adjacent to an activating group) is 1. The van der Waals surface area contributed by atoms with E-state index in [9.17, 15) is 20.3 Å². The lowest BCUT2D eigenvalue weighted by Gasteiger charge is -2.31. The Bertz CT molecular complexity index is 1270. The number of hydrogen-bond donors (Lipinski definition) is 2. The minimum absolute atomic E-state index is 0.0209. The molecule has 0 bridgehead atoms. The topological polar surface area (TPSA) is 133 Å². The van der Waals surface area contributed by atoms with Crippen molar-refractivity contribution >= 4 is 6.29 Å². The first kappa shape index (κ1) is 25.5. The number of aldehydes is 1. The van der Waals surface area contributed by atoms with Gasteiger partial charge in [-0.1, -0.05) is 23.4 Å². The van der Waals surface area contributed by atoms with E-state index in [0.29, 0.717) is 35.5 Å². The van der Waals surface area contributed by atoms with Crippen LogP contribution in [0, 0.1) is 17.2 Å². The number of aliphatic hydroxyl groups excluding tert-OH is 2. The first-order valence-electron chi connectivity index (χ1n) is 12.0. The summed E-state index contributed by atoms with van der Waals surface area (Å²) in [5.74, 6) is 1.23. The Morgan fingerprint density at radius 2 is 2.14 bits per heavy atom. The molecule has 1 heterocycles. The van der Waals surface area contributed by atoms with Crippen LogP contribution in [0.1, 0.15) is 43.0 Å². The molecule has 3 unspecified atom stereocenters. The van der Waals surface area contributed by atoms with E-state index in [0.717, 1.165) is 23.0 Å². The van der Waals surface area contributed by atoms with E-state index in [-0.39, 0.29) is 37.1 Å². The lowest BCUT2D eigenvalue weighted by Crippen LogP contribution is -2.36. The molecule has 0 aliphatic heterocycles. The number of benzene rings is 2. The van der Waals surface area contributed by atoms with E-state index in [1.54, 1.807) is 18.2 Å². The van der Waals surface area contributed by atoms with E-state index >= 15 is 0 Å². The van der Waals surface area contributed by atoms with Gasteiger partial charge in [-0.15, -0.1) is 0 Å². The molecule has 1 aromatic heterocycles. The molecule has 0 saturated carbocycles. The van der Waals surface area contributed by atoms with Gasteiger partial charge in [-0.05, 0) is 62.6 Å². The highest BCUT2D eigenvalue weighted by Crippen LogP contribution is 2.44. The summed E-state index contributed by atoms with van der Waals surface area (Å²) in [7, 11) is 1.88. The smallest absolute Gasteiger partial charge is 0.258 e. The van der Waals surface area contributed by atoms with E-state index in [1.165, 1.54) is 0 Å². The highest BCUT2D eigenvalue weighted by molar-refractivity contribution is 5.67. The molecule has 2 aromatic carbocycles. The van der Waals surface area contributed by atoms with Gasteiger partial charge in [0.2, 0.25) is 5.82 Å². The fourth-order valence-electron chi connectivity index (χ4n) is 4.94. The van der Waals surface area contributed by atoms with Gasteiger partial charge in [0.25, 0.3) is 5.89 Å². The van der Waals surface area contributed by atoms with E-state index < -0.39 is 6.10 Å². The van der Waals surface area contributed by atoms with Gasteiger partial charge in [0.05, 0.1) is 24.4 Å². The quantitative estimate of drug-likeness (QED) is 0.411. The minimum atomic E-state index is -0.866. The average Bonchev–Trinajstić information content (AvgIpc) is 3.49. The number of rotatable bonds is 10. The maximum atomic E-state index is 11.4. The zero-order valence-corrected chi connectivity index (χ0v) is 20.6. The van der Waals surface area contributed by atoms with Gasteiger partial charge in [0.15, 0.2) is 0 Å². The molecule has 1 aliphatic rings. The van der Waals surface area contributed by atoms with E-state index in [1.807, 2.05) is 44.0 Å². The maximum absolute atomic E-state index is 11.4. The summed E-state index contributed by atoms with van der Waals surface area (Å²) in [4.78, 5) is 18.0. The van der Waals surface area contributed by atoms with Crippen molar-refractivity contribution in [3.05, 3.63) is 53.1 Å². The number of carbonyl (C=O) groups is 1. The van der Waals surface area contributed by atoms with Crippen LogP contribution in [0.25, 0.3) is 22.8 Å². The van der Waals surface area contributed by atoms with Crippen LogP contribution < -0.4 is 4.74 Å². The van der Waals surface area contributed by atoms with Gasteiger partial charge >= 0.3 is 0 Å². The second kappa shape index (κ2) is 11.0. The number of aromatic nitrogens is 2. The van der Waals surface area contributed by atoms with Gasteiger partial charge < -0.3 is 24.3 Å². The van der Waals surface area contributed by atoms with Gasteiger partial charge in [-0.3, -0.25) is 4.90 Å². The lowest BCUT2D eigenvalue weighted by atomic mass is 9.96. The molecular weight excluding hydrogens is 460 g/mol. The maximum Gasteiger partial charge on any atom is 0.258 e. The van der Waals surface area contributed by atoms with Crippen LogP contribution in [0.4, 0.5) is 0 Å².